The molecule has 0 fully saturated rings. The number of urea groups is 1. The van der Waals surface area contributed by atoms with Gasteiger partial charge in [0.2, 0.25) is 6.79 Å². The Morgan fingerprint density at radius 3 is 2.58 bits per heavy atom. The van der Waals surface area contributed by atoms with Crippen molar-refractivity contribution in [3.05, 3.63) is 88.6 Å². The van der Waals surface area contributed by atoms with E-state index < -0.39 is 0 Å². The first-order valence-corrected chi connectivity index (χ1v) is 13.0. The van der Waals surface area contributed by atoms with Crippen molar-refractivity contribution in [3.8, 4) is 34.1 Å². The Labute approximate surface area is 222 Å². The van der Waals surface area contributed by atoms with E-state index in [0.717, 1.165) is 57.1 Å². The molecule has 0 aliphatic carbocycles. The fourth-order valence-corrected chi connectivity index (χ4v) is 5.22. The molecule has 0 radical (unpaired) electrons. The molecule has 7 nitrogen and oxygen atoms in total. The molecular formula is C31H30N4O3. The number of benzene rings is 3. The standard InChI is InChI=1S/C31H30N4O3/c1-4-21-9-6-10-23(15-21)32-31(36)35-14-13-25-24(17-35)29(28-19(2)7-5-8-20(28)3)34-30(33-25)22-11-12-26-27(16-22)38-18-37-26/h5-12,15-16H,4,13-14,17-18H2,1-3H3,(H,32,36). The SMILES string of the molecule is CCc1cccc(NC(=O)N2CCc3nc(-c4ccc5c(c4)OCO5)nc(-c4c(C)cccc4C)c3C2)c1. The summed E-state index contributed by atoms with van der Waals surface area (Å²) >= 11 is 0. The number of carbonyl (C=O) groups excluding carboxylic acids is 1. The van der Waals surface area contributed by atoms with Crippen LogP contribution in [-0.4, -0.2) is 34.2 Å². The maximum absolute atomic E-state index is 13.3. The molecule has 0 saturated heterocycles. The van der Waals surface area contributed by atoms with E-state index in [1.165, 1.54) is 5.56 Å². The molecule has 6 rings (SSSR count). The summed E-state index contributed by atoms with van der Waals surface area (Å²) in [5.74, 6) is 2.08. The predicted octanol–water partition coefficient (Wildman–Crippen LogP) is 6.31. The van der Waals surface area contributed by atoms with Gasteiger partial charge in [-0.05, 0) is 67.3 Å². The molecule has 0 spiro atoms. The van der Waals surface area contributed by atoms with Crippen LogP contribution < -0.4 is 14.8 Å². The number of nitrogens with one attached hydrogen (secondary N) is 1. The van der Waals surface area contributed by atoms with Crippen LogP contribution in [0.15, 0.2) is 60.7 Å². The smallest absolute Gasteiger partial charge is 0.322 e. The van der Waals surface area contributed by atoms with Crippen LogP contribution in [0.2, 0.25) is 0 Å². The van der Waals surface area contributed by atoms with Crippen LogP contribution in [0.25, 0.3) is 22.6 Å². The Bertz CT molecular complexity index is 1530. The second-order valence-electron chi connectivity index (χ2n) is 9.81. The van der Waals surface area contributed by atoms with Crippen LogP contribution in [0.4, 0.5) is 10.5 Å². The van der Waals surface area contributed by atoms with Gasteiger partial charge in [-0.15, -0.1) is 0 Å². The largest absolute Gasteiger partial charge is 0.454 e. The topological polar surface area (TPSA) is 76.6 Å². The maximum Gasteiger partial charge on any atom is 0.322 e. The lowest BCUT2D eigenvalue weighted by Crippen LogP contribution is -2.39. The van der Waals surface area contributed by atoms with Gasteiger partial charge in [0.1, 0.15) is 0 Å². The molecule has 0 unspecified atom stereocenters. The highest BCUT2D eigenvalue weighted by atomic mass is 16.7. The molecule has 2 amide bonds. The molecule has 2 aliphatic rings. The highest BCUT2D eigenvalue weighted by Gasteiger charge is 2.28. The zero-order valence-corrected chi connectivity index (χ0v) is 21.9. The first-order valence-electron chi connectivity index (χ1n) is 13.0. The van der Waals surface area contributed by atoms with Crippen molar-refractivity contribution >= 4 is 11.7 Å². The summed E-state index contributed by atoms with van der Waals surface area (Å²) in [4.78, 5) is 25.2. The van der Waals surface area contributed by atoms with Gasteiger partial charge in [-0.25, -0.2) is 14.8 Å². The highest BCUT2D eigenvalue weighted by Crippen LogP contribution is 2.38. The van der Waals surface area contributed by atoms with Crippen LogP contribution in [0.3, 0.4) is 0 Å². The number of hydrogen-bond acceptors (Lipinski definition) is 5. The van der Waals surface area contributed by atoms with E-state index in [-0.39, 0.29) is 12.8 Å². The molecule has 1 aromatic heterocycles. The Morgan fingerprint density at radius 1 is 0.974 bits per heavy atom. The van der Waals surface area contributed by atoms with Gasteiger partial charge in [0.15, 0.2) is 17.3 Å². The Morgan fingerprint density at radius 2 is 1.76 bits per heavy atom. The minimum absolute atomic E-state index is 0.115. The molecule has 4 aromatic rings. The number of aromatic nitrogens is 2. The number of hydrogen-bond donors (Lipinski definition) is 1. The second kappa shape index (κ2) is 9.82. The van der Waals surface area contributed by atoms with Gasteiger partial charge in [0, 0.05) is 35.3 Å². The van der Waals surface area contributed by atoms with E-state index in [1.807, 2.05) is 41.3 Å². The van der Waals surface area contributed by atoms with Crippen molar-refractivity contribution in [1.82, 2.24) is 14.9 Å². The Kier molecular flexibility index (Phi) is 6.19. The predicted molar refractivity (Wildman–Crippen MR) is 147 cm³/mol. The van der Waals surface area contributed by atoms with Gasteiger partial charge in [-0.1, -0.05) is 37.3 Å². The average Bonchev–Trinajstić information content (AvgIpc) is 3.41. The fourth-order valence-electron chi connectivity index (χ4n) is 5.22. The van der Waals surface area contributed by atoms with E-state index >= 15 is 0 Å². The third-order valence-electron chi connectivity index (χ3n) is 7.28. The monoisotopic (exact) mass is 506 g/mol. The molecule has 0 saturated carbocycles. The minimum Gasteiger partial charge on any atom is -0.454 e. The summed E-state index contributed by atoms with van der Waals surface area (Å²) in [5.41, 5.74) is 9.09. The van der Waals surface area contributed by atoms with Crippen molar-refractivity contribution in [1.29, 1.82) is 0 Å². The zero-order chi connectivity index (χ0) is 26.2. The lowest BCUT2D eigenvalue weighted by atomic mass is 9.93. The van der Waals surface area contributed by atoms with Gasteiger partial charge in [0.25, 0.3) is 0 Å². The first-order chi connectivity index (χ1) is 18.5. The van der Waals surface area contributed by atoms with E-state index in [9.17, 15) is 4.79 Å². The lowest BCUT2D eigenvalue weighted by molar-refractivity contribution is 0.174. The van der Waals surface area contributed by atoms with Crippen molar-refractivity contribution < 1.29 is 14.3 Å². The molecule has 2 aliphatic heterocycles. The molecule has 7 heteroatoms. The molecule has 192 valence electrons. The van der Waals surface area contributed by atoms with Gasteiger partial charge in [0.05, 0.1) is 17.9 Å². The van der Waals surface area contributed by atoms with Crippen molar-refractivity contribution in [3.63, 3.8) is 0 Å². The van der Waals surface area contributed by atoms with Gasteiger partial charge >= 0.3 is 6.03 Å². The van der Waals surface area contributed by atoms with Crippen molar-refractivity contribution in [2.45, 2.75) is 40.2 Å². The normalized spacial score (nSPS) is 13.8. The number of nitrogens with zero attached hydrogens (tertiary/aromatic N) is 3. The van der Waals surface area contributed by atoms with E-state index in [2.05, 4.69) is 50.4 Å². The number of carbonyl (C=O) groups is 1. The quantitative estimate of drug-likeness (QED) is 0.351. The van der Waals surface area contributed by atoms with E-state index in [0.29, 0.717) is 31.1 Å². The minimum atomic E-state index is -0.115. The van der Waals surface area contributed by atoms with E-state index in [4.69, 9.17) is 19.4 Å². The lowest BCUT2D eigenvalue weighted by Gasteiger charge is -2.30. The second-order valence-corrected chi connectivity index (χ2v) is 9.81. The molecule has 0 bridgehead atoms. The van der Waals surface area contributed by atoms with Crippen molar-refractivity contribution in [2.75, 3.05) is 18.7 Å². The molecule has 0 atom stereocenters. The molecule has 3 aromatic carbocycles. The van der Waals surface area contributed by atoms with Crippen LogP contribution in [0, 0.1) is 13.8 Å². The van der Waals surface area contributed by atoms with Crippen LogP contribution in [0.1, 0.15) is 34.9 Å². The molecule has 38 heavy (non-hydrogen) atoms. The number of aryl methyl sites for hydroxylation is 3. The third-order valence-corrected chi connectivity index (χ3v) is 7.28. The average molecular weight is 507 g/mol. The first kappa shape index (κ1) is 24.0. The molecule has 1 N–H and O–H groups in total. The van der Waals surface area contributed by atoms with Crippen LogP contribution in [0.5, 0.6) is 11.5 Å². The zero-order valence-electron chi connectivity index (χ0n) is 21.9. The maximum atomic E-state index is 13.3. The number of fused-ring (bicyclic) bond motifs is 2. The summed E-state index contributed by atoms with van der Waals surface area (Å²) in [6.45, 7) is 7.55. The summed E-state index contributed by atoms with van der Waals surface area (Å²) in [6, 6.07) is 20.0. The van der Waals surface area contributed by atoms with Crippen molar-refractivity contribution in [2.24, 2.45) is 0 Å². The summed E-state index contributed by atoms with van der Waals surface area (Å²) in [6.07, 6.45) is 1.57. The Hall–Kier alpha value is -4.39. The van der Waals surface area contributed by atoms with Crippen LogP contribution >= 0.6 is 0 Å². The summed E-state index contributed by atoms with van der Waals surface area (Å²) in [5, 5.41) is 3.08. The Balaban J connectivity index is 1.39. The van der Waals surface area contributed by atoms with E-state index in [1.54, 1.807) is 0 Å². The van der Waals surface area contributed by atoms with Gasteiger partial charge in [-0.2, -0.15) is 0 Å². The molecule has 3 heterocycles. The molecular weight excluding hydrogens is 476 g/mol. The number of anilines is 1. The fraction of sp³-hybridized carbons (Fsp3) is 0.258. The number of rotatable bonds is 4. The summed E-state index contributed by atoms with van der Waals surface area (Å²) < 4.78 is 11.1. The van der Waals surface area contributed by atoms with Crippen LogP contribution in [-0.2, 0) is 19.4 Å². The van der Waals surface area contributed by atoms with Gasteiger partial charge in [-0.3, -0.25) is 0 Å². The summed E-state index contributed by atoms with van der Waals surface area (Å²) in [7, 11) is 0. The third kappa shape index (κ3) is 4.45. The van der Waals surface area contributed by atoms with Gasteiger partial charge < -0.3 is 19.7 Å². The number of ether oxygens (including phenoxy) is 2. The highest BCUT2D eigenvalue weighted by molar-refractivity contribution is 5.90. The number of amides is 2.